The molecule has 0 spiro atoms. The van der Waals surface area contributed by atoms with Gasteiger partial charge in [0.2, 0.25) is 0 Å². The standard InChI is InChI=1S/C11H21NO/c1-2-12(9-7-8-9)10-5-3-4-6-11(10)13/h9-11,13H,2-8H2,1H3/t10-,11-/m0/s1. The van der Waals surface area contributed by atoms with Gasteiger partial charge in [0.15, 0.2) is 0 Å². The van der Waals surface area contributed by atoms with Crippen LogP contribution in [0.4, 0.5) is 0 Å². The van der Waals surface area contributed by atoms with Crippen LogP contribution in [0, 0.1) is 0 Å². The largest absolute Gasteiger partial charge is 0.391 e. The number of aliphatic hydroxyl groups excluding tert-OH is 1. The molecule has 2 nitrogen and oxygen atoms in total. The van der Waals surface area contributed by atoms with Crippen molar-refractivity contribution in [3.63, 3.8) is 0 Å². The molecule has 1 N–H and O–H groups in total. The van der Waals surface area contributed by atoms with Gasteiger partial charge in [0.05, 0.1) is 6.10 Å². The second-order valence-electron chi connectivity index (χ2n) is 4.48. The molecule has 76 valence electrons. The summed E-state index contributed by atoms with van der Waals surface area (Å²) in [6, 6.07) is 1.29. The zero-order valence-electron chi connectivity index (χ0n) is 8.58. The Hall–Kier alpha value is -0.0800. The molecule has 0 unspecified atom stereocenters. The molecule has 0 saturated heterocycles. The summed E-state index contributed by atoms with van der Waals surface area (Å²) >= 11 is 0. The van der Waals surface area contributed by atoms with Crippen molar-refractivity contribution in [2.45, 2.75) is 63.6 Å². The Bertz CT molecular complexity index is 167. The van der Waals surface area contributed by atoms with E-state index in [2.05, 4.69) is 11.8 Å². The molecule has 2 fully saturated rings. The SMILES string of the molecule is CCN(C1CC1)[C@H]1CCCC[C@@H]1O. The van der Waals surface area contributed by atoms with Crippen LogP contribution in [0.15, 0.2) is 0 Å². The highest BCUT2D eigenvalue weighted by atomic mass is 16.3. The van der Waals surface area contributed by atoms with E-state index in [9.17, 15) is 5.11 Å². The van der Waals surface area contributed by atoms with E-state index in [0.717, 1.165) is 19.0 Å². The van der Waals surface area contributed by atoms with Crippen LogP contribution in [-0.4, -0.2) is 34.7 Å². The van der Waals surface area contributed by atoms with E-state index >= 15 is 0 Å². The molecule has 0 amide bonds. The summed E-state index contributed by atoms with van der Waals surface area (Å²) in [5, 5.41) is 9.91. The summed E-state index contributed by atoms with van der Waals surface area (Å²) in [4.78, 5) is 2.53. The van der Waals surface area contributed by atoms with Gasteiger partial charge in [0.1, 0.15) is 0 Å². The smallest absolute Gasteiger partial charge is 0.0695 e. The van der Waals surface area contributed by atoms with Crippen LogP contribution >= 0.6 is 0 Å². The molecule has 2 aliphatic carbocycles. The van der Waals surface area contributed by atoms with Gasteiger partial charge in [-0.3, -0.25) is 4.90 Å². The zero-order valence-corrected chi connectivity index (χ0v) is 8.58. The molecule has 2 aliphatic rings. The fraction of sp³-hybridized carbons (Fsp3) is 1.00. The molecule has 2 saturated carbocycles. The van der Waals surface area contributed by atoms with E-state index in [1.165, 1.54) is 32.1 Å². The van der Waals surface area contributed by atoms with Gasteiger partial charge in [0.25, 0.3) is 0 Å². The predicted molar refractivity (Wildman–Crippen MR) is 53.7 cm³/mol. The molecule has 2 rings (SSSR count). The summed E-state index contributed by atoms with van der Waals surface area (Å²) in [5.41, 5.74) is 0. The molecule has 0 aliphatic heterocycles. The van der Waals surface area contributed by atoms with Gasteiger partial charge in [0, 0.05) is 12.1 Å². The van der Waals surface area contributed by atoms with Crippen molar-refractivity contribution in [3.05, 3.63) is 0 Å². The third-order valence-corrected chi connectivity index (χ3v) is 3.50. The number of aliphatic hydroxyl groups is 1. The molecule has 2 heteroatoms. The fourth-order valence-corrected chi connectivity index (χ4v) is 2.65. The summed E-state index contributed by atoms with van der Waals surface area (Å²) in [5.74, 6) is 0. The van der Waals surface area contributed by atoms with Crippen molar-refractivity contribution in [1.29, 1.82) is 0 Å². The fourth-order valence-electron chi connectivity index (χ4n) is 2.65. The van der Waals surface area contributed by atoms with Crippen molar-refractivity contribution >= 4 is 0 Å². The Kier molecular flexibility index (Phi) is 2.89. The van der Waals surface area contributed by atoms with E-state index in [1.807, 2.05) is 0 Å². The van der Waals surface area contributed by atoms with Crippen LogP contribution < -0.4 is 0 Å². The van der Waals surface area contributed by atoms with E-state index in [-0.39, 0.29) is 6.10 Å². The van der Waals surface area contributed by atoms with Gasteiger partial charge in [-0.1, -0.05) is 19.8 Å². The quantitative estimate of drug-likeness (QED) is 0.721. The average Bonchev–Trinajstić information content (AvgIpc) is 2.93. The van der Waals surface area contributed by atoms with Gasteiger partial charge >= 0.3 is 0 Å². The van der Waals surface area contributed by atoms with Crippen LogP contribution in [-0.2, 0) is 0 Å². The maximum absolute atomic E-state index is 9.91. The Morgan fingerprint density at radius 1 is 1.15 bits per heavy atom. The molecule has 2 atom stereocenters. The van der Waals surface area contributed by atoms with Crippen LogP contribution in [0.2, 0.25) is 0 Å². The molecule has 0 aromatic rings. The maximum atomic E-state index is 9.91. The van der Waals surface area contributed by atoms with Crippen molar-refractivity contribution in [2.24, 2.45) is 0 Å². The first-order valence-corrected chi connectivity index (χ1v) is 5.76. The molecule has 0 aromatic heterocycles. The minimum atomic E-state index is -0.0469. The summed E-state index contributed by atoms with van der Waals surface area (Å²) in [7, 11) is 0. The van der Waals surface area contributed by atoms with Crippen molar-refractivity contribution in [3.8, 4) is 0 Å². The highest BCUT2D eigenvalue weighted by Gasteiger charge is 2.36. The first-order chi connectivity index (χ1) is 6.33. The lowest BCUT2D eigenvalue weighted by atomic mass is 9.91. The molecule has 0 radical (unpaired) electrons. The Morgan fingerprint density at radius 3 is 2.38 bits per heavy atom. The molecule has 13 heavy (non-hydrogen) atoms. The molecule has 0 aromatic carbocycles. The lowest BCUT2D eigenvalue weighted by molar-refractivity contribution is 0.0180. The third kappa shape index (κ3) is 2.05. The minimum Gasteiger partial charge on any atom is -0.391 e. The van der Waals surface area contributed by atoms with E-state index < -0.39 is 0 Å². The van der Waals surface area contributed by atoms with Crippen molar-refractivity contribution in [1.82, 2.24) is 4.90 Å². The van der Waals surface area contributed by atoms with Crippen LogP contribution in [0.1, 0.15) is 45.4 Å². The monoisotopic (exact) mass is 183 g/mol. The lowest BCUT2D eigenvalue weighted by Crippen LogP contribution is -2.46. The minimum absolute atomic E-state index is 0.0469. The van der Waals surface area contributed by atoms with E-state index in [4.69, 9.17) is 0 Å². The lowest BCUT2D eigenvalue weighted by Gasteiger charge is -2.37. The normalized spacial score (nSPS) is 35.3. The second-order valence-corrected chi connectivity index (χ2v) is 4.48. The Balaban J connectivity index is 1.94. The van der Waals surface area contributed by atoms with Crippen LogP contribution in [0.5, 0.6) is 0 Å². The summed E-state index contributed by atoms with van der Waals surface area (Å²) in [6.07, 6.45) is 7.44. The molecule has 0 heterocycles. The second kappa shape index (κ2) is 3.97. The topological polar surface area (TPSA) is 23.5 Å². The van der Waals surface area contributed by atoms with Crippen molar-refractivity contribution in [2.75, 3.05) is 6.54 Å². The zero-order chi connectivity index (χ0) is 9.26. The van der Waals surface area contributed by atoms with Gasteiger partial charge in [-0.25, -0.2) is 0 Å². The maximum Gasteiger partial charge on any atom is 0.0695 e. The number of rotatable bonds is 3. The summed E-state index contributed by atoms with van der Waals surface area (Å²) in [6.45, 7) is 3.34. The predicted octanol–water partition coefficient (Wildman–Crippen LogP) is 1.77. The Morgan fingerprint density at radius 2 is 1.85 bits per heavy atom. The van der Waals surface area contributed by atoms with Gasteiger partial charge in [-0.15, -0.1) is 0 Å². The van der Waals surface area contributed by atoms with Gasteiger partial charge in [-0.05, 0) is 32.2 Å². The molecular formula is C11H21NO. The van der Waals surface area contributed by atoms with Gasteiger partial charge in [-0.2, -0.15) is 0 Å². The number of hydrogen-bond donors (Lipinski definition) is 1. The number of hydrogen-bond acceptors (Lipinski definition) is 2. The number of likely N-dealkylation sites (N-methyl/N-ethyl adjacent to an activating group) is 1. The first kappa shape index (κ1) is 9.47. The highest BCUT2D eigenvalue weighted by molar-refractivity contribution is 4.92. The van der Waals surface area contributed by atoms with Gasteiger partial charge < -0.3 is 5.11 Å². The van der Waals surface area contributed by atoms with Crippen molar-refractivity contribution < 1.29 is 5.11 Å². The third-order valence-electron chi connectivity index (χ3n) is 3.50. The van der Waals surface area contributed by atoms with E-state index in [1.54, 1.807) is 0 Å². The average molecular weight is 183 g/mol. The Labute approximate surface area is 80.9 Å². The van der Waals surface area contributed by atoms with E-state index in [0.29, 0.717) is 6.04 Å². The van der Waals surface area contributed by atoms with Crippen LogP contribution in [0.25, 0.3) is 0 Å². The molecule has 0 bridgehead atoms. The highest BCUT2D eigenvalue weighted by Crippen LogP contribution is 2.33. The first-order valence-electron chi connectivity index (χ1n) is 5.76. The number of nitrogens with zero attached hydrogens (tertiary/aromatic N) is 1. The molecular weight excluding hydrogens is 162 g/mol. The van der Waals surface area contributed by atoms with Crippen LogP contribution in [0.3, 0.4) is 0 Å². The summed E-state index contributed by atoms with van der Waals surface area (Å²) < 4.78 is 0.